The Balaban J connectivity index is 1.46. The second kappa shape index (κ2) is 9.16. The summed E-state index contributed by atoms with van der Waals surface area (Å²) in [7, 11) is 0. The van der Waals surface area contributed by atoms with E-state index in [2.05, 4.69) is 5.32 Å². The van der Waals surface area contributed by atoms with E-state index in [0.29, 0.717) is 22.9 Å². The average Bonchev–Trinajstić information content (AvgIpc) is 2.76. The van der Waals surface area contributed by atoms with Crippen LogP contribution in [0.25, 0.3) is 0 Å². The van der Waals surface area contributed by atoms with E-state index in [1.54, 1.807) is 24.3 Å². The molecule has 0 aliphatic carbocycles. The maximum Gasteiger partial charge on any atom is 0.257 e. The Hall–Kier alpha value is -2.41. The van der Waals surface area contributed by atoms with Crippen LogP contribution in [-0.4, -0.2) is 36.1 Å². The third-order valence-corrected chi connectivity index (χ3v) is 5.96. The van der Waals surface area contributed by atoms with Crippen molar-refractivity contribution in [1.82, 2.24) is 5.32 Å². The molecule has 158 valence electrons. The lowest BCUT2D eigenvalue weighted by Gasteiger charge is -2.26. The molecule has 30 heavy (non-hydrogen) atoms. The molecule has 0 saturated carbocycles. The standard InChI is InChI=1S/C23H24ClNO5/c24-18-5-1-15(2-6-18)12-25-23(28)22-21(27)19-17(13-30-22)4-3-16(20(19)26)11-14-7-9-29-10-8-14/h1-6,14,22,26H,7-13H2,(H,25,28). The van der Waals surface area contributed by atoms with Crippen LogP contribution < -0.4 is 5.32 Å². The molecule has 2 aromatic rings. The highest BCUT2D eigenvalue weighted by Gasteiger charge is 2.36. The Labute approximate surface area is 180 Å². The van der Waals surface area contributed by atoms with Gasteiger partial charge in [-0.25, -0.2) is 0 Å². The van der Waals surface area contributed by atoms with Gasteiger partial charge >= 0.3 is 0 Å². The minimum Gasteiger partial charge on any atom is -0.507 e. The van der Waals surface area contributed by atoms with Crippen molar-refractivity contribution < 1.29 is 24.2 Å². The molecular weight excluding hydrogens is 406 g/mol. The molecule has 0 spiro atoms. The predicted octanol–water partition coefficient (Wildman–Crippen LogP) is 3.41. The number of ether oxygens (including phenoxy) is 2. The highest BCUT2D eigenvalue weighted by Crippen LogP contribution is 2.34. The van der Waals surface area contributed by atoms with Gasteiger partial charge in [0.05, 0.1) is 12.2 Å². The zero-order valence-electron chi connectivity index (χ0n) is 16.5. The third-order valence-electron chi connectivity index (χ3n) is 5.71. The van der Waals surface area contributed by atoms with Gasteiger partial charge in [0, 0.05) is 24.8 Å². The number of carbonyl (C=O) groups excluding carboxylic acids is 2. The van der Waals surface area contributed by atoms with Crippen molar-refractivity contribution in [1.29, 1.82) is 0 Å². The van der Waals surface area contributed by atoms with Crippen LogP contribution in [0.2, 0.25) is 5.02 Å². The number of carbonyl (C=O) groups is 2. The maximum atomic E-state index is 13.0. The molecular formula is C23H24ClNO5. The minimum absolute atomic E-state index is 0.0252. The van der Waals surface area contributed by atoms with Gasteiger partial charge in [0.25, 0.3) is 5.91 Å². The summed E-state index contributed by atoms with van der Waals surface area (Å²) < 4.78 is 10.9. The molecule has 4 rings (SSSR count). The third kappa shape index (κ3) is 4.51. The Morgan fingerprint density at radius 2 is 1.87 bits per heavy atom. The molecule has 1 fully saturated rings. The molecule has 1 atom stereocenters. The van der Waals surface area contributed by atoms with Crippen molar-refractivity contribution in [2.45, 2.75) is 38.5 Å². The zero-order chi connectivity index (χ0) is 21.1. The lowest BCUT2D eigenvalue weighted by atomic mass is 9.88. The van der Waals surface area contributed by atoms with Crippen LogP contribution in [0.5, 0.6) is 5.75 Å². The van der Waals surface area contributed by atoms with E-state index in [0.717, 1.165) is 37.2 Å². The second-order valence-electron chi connectivity index (χ2n) is 7.77. The number of fused-ring (bicyclic) bond motifs is 1. The van der Waals surface area contributed by atoms with E-state index in [1.807, 2.05) is 12.1 Å². The van der Waals surface area contributed by atoms with Crippen molar-refractivity contribution in [3.63, 3.8) is 0 Å². The van der Waals surface area contributed by atoms with Crippen molar-refractivity contribution >= 4 is 23.3 Å². The summed E-state index contributed by atoms with van der Waals surface area (Å²) in [6.07, 6.45) is 1.28. The van der Waals surface area contributed by atoms with Crippen LogP contribution in [0.4, 0.5) is 0 Å². The number of benzene rings is 2. The number of amides is 1. The van der Waals surface area contributed by atoms with E-state index >= 15 is 0 Å². The molecule has 2 N–H and O–H groups in total. The normalized spacial score (nSPS) is 19.4. The van der Waals surface area contributed by atoms with E-state index in [9.17, 15) is 14.7 Å². The van der Waals surface area contributed by atoms with E-state index < -0.39 is 17.8 Å². The molecule has 1 amide bonds. The van der Waals surface area contributed by atoms with Crippen molar-refractivity contribution in [3.8, 4) is 5.75 Å². The molecule has 0 aromatic heterocycles. The fourth-order valence-electron chi connectivity index (χ4n) is 3.96. The molecule has 2 aliphatic heterocycles. The number of ketones is 1. The van der Waals surface area contributed by atoms with Crippen LogP contribution in [-0.2, 0) is 33.8 Å². The minimum atomic E-state index is -1.27. The van der Waals surface area contributed by atoms with Gasteiger partial charge in [-0.2, -0.15) is 0 Å². The molecule has 2 heterocycles. The number of aromatic hydroxyl groups is 1. The first-order valence-electron chi connectivity index (χ1n) is 10.1. The van der Waals surface area contributed by atoms with Crippen LogP contribution in [0, 0.1) is 5.92 Å². The predicted molar refractivity (Wildman–Crippen MR) is 112 cm³/mol. The Morgan fingerprint density at radius 1 is 1.13 bits per heavy atom. The highest BCUT2D eigenvalue weighted by atomic mass is 35.5. The van der Waals surface area contributed by atoms with Gasteiger partial charge in [0.15, 0.2) is 6.10 Å². The van der Waals surface area contributed by atoms with Crippen molar-refractivity contribution in [2.75, 3.05) is 13.2 Å². The van der Waals surface area contributed by atoms with Crippen LogP contribution in [0.1, 0.15) is 39.9 Å². The number of nitrogens with one attached hydrogen (secondary N) is 1. The quantitative estimate of drug-likeness (QED) is 0.711. The fraction of sp³-hybridized carbons (Fsp3) is 0.391. The highest BCUT2D eigenvalue weighted by molar-refractivity contribution is 6.30. The van der Waals surface area contributed by atoms with Gasteiger partial charge < -0.3 is 19.9 Å². The maximum absolute atomic E-state index is 13.0. The number of hydrogen-bond acceptors (Lipinski definition) is 5. The summed E-state index contributed by atoms with van der Waals surface area (Å²) in [4.78, 5) is 25.6. The summed E-state index contributed by atoms with van der Waals surface area (Å²) in [5.74, 6) is -0.634. The smallest absolute Gasteiger partial charge is 0.257 e. The van der Waals surface area contributed by atoms with Gasteiger partial charge in [0.2, 0.25) is 5.78 Å². The first-order chi connectivity index (χ1) is 14.5. The van der Waals surface area contributed by atoms with Crippen molar-refractivity contribution in [3.05, 3.63) is 63.7 Å². The number of rotatable bonds is 5. The second-order valence-corrected chi connectivity index (χ2v) is 8.20. The molecule has 6 nitrogen and oxygen atoms in total. The van der Waals surface area contributed by atoms with E-state index in [4.69, 9.17) is 21.1 Å². The largest absolute Gasteiger partial charge is 0.507 e. The zero-order valence-corrected chi connectivity index (χ0v) is 17.3. The molecule has 2 aliphatic rings. The number of hydrogen-bond donors (Lipinski definition) is 2. The SMILES string of the molecule is O=C(NCc1ccc(Cl)cc1)C1OCc2ccc(CC3CCOCC3)c(O)c2C1=O. The molecule has 0 radical (unpaired) electrons. The first kappa shape index (κ1) is 20.8. The number of phenols is 1. The topological polar surface area (TPSA) is 84.9 Å². The number of halogens is 1. The molecule has 1 saturated heterocycles. The van der Waals surface area contributed by atoms with Crippen molar-refractivity contribution in [2.24, 2.45) is 5.92 Å². The van der Waals surface area contributed by atoms with Crippen LogP contribution in [0.3, 0.4) is 0 Å². The molecule has 0 bridgehead atoms. The summed E-state index contributed by atoms with van der Waals surface area (Å²) in [5, 5.41) is 14.2. The summed E-state index contributed by atoms with van der Waals surface area (Å²) >= 11 is 5.87. The van der Waals surface area contributed by atoms with E-state index in [1.165, 1.54) is 0 Å². The number of phenolic OH excluding ortho intramolecular Hbond substituents is 1. The molecule has 7 heteroatoms. The summed E-state index contributed by atoms with van der Waals surface area (Å²) in [6, 6.07) is 10.7. The summed E-state index contributed by atoms with van der Waals surface area (Å²) in [6.45, 7) is 1.80. The van der Waals surface area contributed by atoms with Gasteiger partial charge in [-0.05, 0) is 54.0 Å². The van der Waals surface area contributed by atoms with E-state index in [-0.39, 0.29) is 24.5 Å². The Morgan fingerprint density at radius 3 is 2.60 bits per heavy atom. The van der Waals surface area contributed by atoms with Crippen LogP contribution >= 0.6 is 11.6 Å². The average molecular weight is 430 g/mol. The first-order valence-corrected chi connectivity index (χ1v) is 10.5. The lowest BCUT2D eigenvalue weighted by Crippen LogP contribution is -2.44. The molecule has 2 aromatic carbocycles. The van der Waals surface area contributed by atoms with Gasteiger partial charge in [-0.1, -0.05) is 35.9 Å². The van der Waals surface area contributed by atoms with Gasteiger partial charge in [0.1, 0.15) is 5.75 Å². The lowest BCUT2D eigenvalue weighted by molar-refractivity contribution is -0.131. The van der Waals surface area contributed by atoms with Gasteiger partial charge in [-0.15, -0.1) is 0 Å². The fourth-order valence-corrected chi connectivity index (χ4v) is 4.08. The summed E-state index contributed by atoms with van der Waals surface area (Å²) in [5.41, 5.74) is 2.40. The Bertz CT molecular complexity index is 937. The monoisotopic (exact) mass is 429 g/mol. The van der Waals surface area contributed by atoms with Gasteiger partial charge in [-0.3, -0.25) is 9.59 Å². The van der Waals surface area contributed by atoms with Crippen LogP contribution in [0.15, 0.2) is 36.4 Å². The number of Topliss-reactive ketones (excluding diaryl/α,β-unsaturated/α-hetero) is 1. The Kier molecular flexibility index (Phi) is 6.37. The molecule has 1 unspecified atom stereocenters.